The van der Waals surface area contributed by atoms with E-state index in [0.717, 1.165) is 6.61 Å². The van der Waals surface area contributed by atoms with E-state index in [4.69, 9.17) is 4.74 Å². The second-order valence-corrected chi connectivity index (χ2v) is 3.14. The molecule has 1 unspecified atom stereocenters. The minimum atomic E-state index is 0.447. The Labute approximate surface area is 76.0 Å². The molecule has 1 atom stereocenters. The van der Waals surface area contributed by atoms with E-state index in [-0.39, 0.29) is 0 Å². The maximum Gasteiger partial charge on any atom is 0.136 e. The van der Waals surface area contributed by atoms with Gasteiger partial charge in [-0.25, -0.2) is 0 Å². The van der Waals surface area contributed by atoms with Gasteiger partial charge in [0.15, 0.2) is 0 Å². The third-order valence-electron chi connectivity index (χ3n) is 2.08. The summed E-state index contributed by atoms with van der Waals surface area (Å²) >= 11 is 0. The van der Waals surface area contributed by atoms with Crippen molar-refractivity contribution in [2.24, 2.45) is 10.9 Å². The molecule has 0 aromatic rings. The van der Waals surface area contributed by atoms with Gasteiger partial charge in [0.2, 0.25) is 0 Å². The fourth-order valence-corrected chi connectivity index (χ4v) is 1.18. The van der Waals surface area contributed by atoms with Gasteiger partial charge in [0.1, 0.15) is 6.73 Å². The minimum absolute atomic E-state index is 0.447. The Morgan fingerprint density at radius 2 is 2.17 bits per heavy atom. The lowest BCUT2D eigenvalue weighted by Gasteiger charge is -2.13. The molecule has 0 saturated carbocycles. The number of ether oxygens (including phenoxy) is 1. The molecule has 0 radical (unpaired) electrons. The molecule has 0 saturated heterocycles. The number of hydrogen-bond donors (Lipinski definition) is 0. The first-order valence-corrected chi connectivity index (χ1v) is 4.85. The van der Waals surface area contributed by atoms with Crippen LogP contribution in [0.25, 0.3) is 0 Å². The molecule has 0 N–H and O–H groups in total. The Kier molecular flexibility index (Phi) is 8.46. The summed E-state index contributed by atoms with van der Waals surface area (Å²) < 4.78 is 5.30. The normalized spacial score (nSPS) is 12.8. The molecular weight excluding hydrogens is 150 g/mol. The van der Waals surface area contributed by atoms with E-state index >= 15 is 0 Å². The zero-order valence-corrected chi connectivity index (χ0v) is 8.38. The van der Waals surface area contributed by atoms with Crippen LogP contribution in [0.4, 0.5) is 0 Å². The van der Waals surface area contributed by atoms with Gasteiger partial charge in [-0.2, -0.15) is 0 Å². The van der Waals surface area contributed by atoms with Gasteiger partial charge in [-0.15, -0.1) is 0 Å². The van der Waals surface area contributed by atoms with Crippen molar-refractivity contribution >= 4 is 6.72 Å². The first kappa shape index (κ1) is 11.6. The highest BCUT2D eigenvalue weighted by molar-refractivity contribution is 5.22. The number of unbranched alkanes of at least 4 members (excludes halogenated alkanes) is 1. The zero-order chi connectivity index (χ0) is 9.23. The molecule has 72 valence electrons. The van der Waals surface area contributed by atoms with Crippen molar-refractivity contribution in [2.75, 3.05) is 13.3 Å². The van der Waals surface area contributed by atoms with Crippen LogP contribution in [-0.2, 0) is 4.74 Å². The standard InChI is InChI=1S/C10H21NO/c1-4-6-7-10(5-2)8-12-9-11-3/h10H,3-9H2,1-2H3. The second kappa shape index (κ2) is 8.72. The third kappa shape index (κ3) is 6.35. The van der Waals surface area contributed by atoms with Gasteiger partial charge in [-0.3, -0.25) is 4.99 Å². The molecule has 2 nitrogen and oxygen atoms in total. The van der Waals surface area contributed by atoms with Gasteiger partial charge < -0.3 is 4.74 Å². The van der Waals surface area contributed by atoms with Crippen LogP contribution in [0.3, 0.4) is 0 Å². The van der Waals surface area contributed by atoms with E-state index in [1.165, 1.54) is 25.7 Å². The SMILES string of the molecule is C=NCOCC(CC)CCCC. The van der Waals surface area contributed by atoms with Crippen molar-refractivity contribution in [1.29, 1.82) is 0 Å². The lowest BCUT2D eigenvalue weighted by atomic mass is 10.0. The Bertz CT molecular complexity index is 104. The molecule has 2 heteroatoms. The second-order valence-electron chi connectivity index (χ2n) is 3.14. The van der Waals surface area contributed by atoms with Crippen LogP contribution in [0.15, 0.2) is 4.99 Å². The van der Waals surface area contributed by atoms with Gasteiger partial charge in [0, 0.05) is 0 Å². The molecule has 0 amide bonds. The third-order valence-corrected chi connectivity index (χ3v) is 2.08. The Morgan fingerprint density at radius 1 is 1.42 bits per heavy atom. The van der Waals surface area contributed by atoms with Crippen LogP contribution < -0.4 is 0 Å². The van der Waals surface area contributed by atoms with E-state index in [1.54, 1.807) is 0 Å². The minimum Gasteiger partial charge on any atom is -0.359 e. The molecule has 0 spiro atoms. The molecule has 0 bridgehead atoms. The van der Waals surface area contributed by atoms with Gasteiger partial charge in [0.05, 0.1) is 6.61 Å². The summed E-state index contributed by atoms with van der Waals surface area (Å²) in [6.45, 7) is 9.09. The van der Waals surface area contributed by atoms with Crippen LogP contribution in [0.1, 0.15) is 39.5 Å². The summed E-state index contributed by atoms with van der Waals surface area (Å²) in [5.74, 6) is 0.715. The fourth-order valence-electron chi connectivity index (χ4n) is 1.18. The van der Waals surface area contributed by atoms with Gasteiger partial charge >= 0.3 is 0 Å². The lowest BCUT2D eigenvalue weighted by Crippen LogP contribution is -2.08. The highest BCUT2D eigenvalue weighted by Crippen LogP contribution is 2.12. The Balaban J connectivity index is 3.32. The van der Waals surface area contributed by atoms with E-state index in [1.807, 2.05) is 0 Å². The Morgan fingerprint density at radius 3 is 2.67 bits per heavy atom. The van der Waals surface area contributed by atoms with Crippen LogP contribution in [0, 0.1) is 5.92 Å². The highest BCUT2D eigenvalue weighted by atomic mass is 16.5. The molecule has 0 aliphatic carbocycles. The topological polar surface area (TPSA) is 21.6 Å². The summed E-state index contributed by atoms with van der Waals surface area (Å²) in [6, 6.07) is 0. The summed E-state index contributed by atoms with van der Waals surface area (Å²) in [5, 5.41) is 0. The lowest BCUT2D eigenvalue weighted by molar-refractivity contribution is 0.101. The first-order chi connectivity index (χ1) is 5.85. The van der Waals surface area contributed by atoms with Crippen molar-refractivity contribution in [3.8, 4) is 0 Å². The first-order valence-electron chi connectivity index (χ1n) is 4.85. The number of hydrogen-bond acceptors (Lipinski definition) is 2. The highest BCUT2D eigenvalue weighted by Gasteiger charge is 2.04. The molecule has 0 aromatic carbocycles. The predicted octanol–water partition coefficient (Wildman–Crippen LogP) is 2.88. The molecule has 0 heterocycles. The zero-order valence-electron chi connectivity index (χ0n) is 8.38. The molecular formula is C10H21NO. The molecule has 0 fully saturated rings. The smallest absolute Gasteiger partial charge is 0.136 e. The van der Waals surface area contributed by atoms with Crippen molar-refractivity contribution in [2.45, 2.75) is 39.5 Å². The summed E-state index contributed by atoms with van der Waals surface area (Å²) in [6.07, 6.45) is 5.07. The van der Waals surface area contributed by atoms with E-state index in [2.05, 4.69) is 25.6 Å². The van der Waals surface area contributed by atoms with Gasteiger partial charge in [-0.1, -0.05) is 33.1 Å². The maximum atomic E-state index is 5.30. The number of rotatable bonds is 8. The largest absolute Gasteiger partial charge is 0.359 e. The van der Waals surface area contributed by atoms with Crippen LogP contribution in [-0.4, -0.2) is 20.1 Å². The average Bonchev–Trinajstić information content (AvgIpc) is 2.11. The van der Waals surface area contributed by atoms with Crippen LogP contribution in [0.5, 0.6) is 0 Å². The van der Waals surface area contributed by atoms with E-state index in [9.17, 15) is 0 Å². The van der Waals surface area contributed by atoms with Crippen molar-refractivity contribution in [1.82, 2.24) is 0 Å². The molecule has 0 aliphatic rings. The van der Waals surface area contributed by atoms with E-state index < -0.39 is 0 Å². The molecule has 0 aromatic heterocycles. The summed E-state index contributed by atoms with van der Waals surface area (Å²) in [4.78, 5) is 3.65. The van der Waals surface area contributed by atoms with Crippen LogP contribution >= 0.6 is 0 Å². The van der Waals surface area contributed by atoms with Crippen molar-refractivity contribution in [3.05, 3.63) is 0 Å². The van der Waals surface area contributed by atoms with Crippen molar-refractivity contribution < 1.29 is 4.74 Å². The molecule has 12 heavy (non-hydrogen) atoms. The molecule has 0 rings (SSSR count). The van der Waals surface area contributed by atoms with Gasteiger partial charge in [0.25, 0.3) is 0 Å². The summed E-state index contributed by atoms with van der Waals surface area (Å²) in [5.41, 5.74) is 0. The number of aliphatic imine (C=N–C) groups is 1. The van der Waals surface area contributed by atoms with Crippen LogP contribution in [0.2, 0.25) is 0 Å². The van der Waals surface area contributed by atoms with Gasteiger partial charge in [-0.05, 0) is 19.1 Å². The predicted molar refractivity (Wildman–Crippen MR) is 53.7 cm³/mol. The average molecular weight is 171 g/mol. The fraction of sp³-hybridized carbons (Fsp3) is 0.900. The number of nitrogens with zero attached hydrogens (tertiary/aromatic N) is 1. The summed E-state index contributed by atoms with van der Waals surface area (Å²) in [7, 11) is 0. The quantitative estimate of drug-likeness (QED) is 0.406. The Hall–Kier alpha value is -0.370. The maximum absolute atomic E-state index is 5.30. The van der Waals surface area contributed by atoms with Crippen molar-refractivity contribution in [3.63, 3.8) is 0 Å². The van der Waals surface area contributed by atoms with E-state index in [0.29, 0.717) is 12.6 Å². The molecule has 0 aliphatic heterocycles. The monoisotopic (exact) mass is 171 g/mol.